The number of imidazole rings is 1. The van der Waals surface area contributed by atoms with Crippen molar-refractivity contribution in [1.82, 2.24) is 9.97 Å². The Kier molecular flexibility index (Phi) is 4.15. The lowest BCUT2D eigenvalue weighted by atomic mass is 9.79. The first-order chi connectivity index (χ1) is 15.0. The van der Waals surface area contributed by atoms with E-state index in [2.05, 4.69) is 75.1 Å². The molecule has 2 heteroatoms. The van der Waals surface area contributed by atoms with Gasteiger partial charge in [-0.1, -0.05) is 64.1 Å². The van der Waals surface area contributed by atoms with Crippen molar-refractivity contribution in [2.45, 2.75) is 65.2 Å². The Hall–Kier alpha value is -2.87. The summed E-state index contributed by atoms with van der Waals surface area (Å²) in [6, 6.07) is 16.7. The Labute approximate surface area is 184 Å². The van der Waals surface area contributed by atoms with Crippen molar-refractivity contribution < 1.29 is 0 Å². The van der Waals surface area contributed by atoms with Gasteiger partial charge < -0.3 is 4.98 Å². The fourth-order valence-corrected chi connectivity index (χ4v) is 5.50. The largest absolute Gasteiger partial charge is 0.342 e. The highest BCUT2D eigenvalue weighted by molar-refractivity contribution is 5.94. The molecule has 0 aliphatic heterocycles. The van der Waals surface area contributed by atoms with E-state index in [1.54, 1.807) is 0 Å². The van der Waals surface area contributed by atoms with E-state index in [0.29, 0.717) is 11.8 Å². The molecule has 0 spiro atoms. The molecule has 6 rings (SSSR count). The van der Waals surface area contributed by atoms with Gasteiger partial charge in [0.05, 0.1) is 11.4 Å². The summed E-state index contributed by atoms with van der Waals surface area (Å²) in [5, 5.41) is 2.82. The van der Waals surface area contributed by atoms with Gasteiger partial charge in [-0.2, -0.15) is 0 Å². The highest BCUT2D eigenvalue weighted by atomic mass is 14.9. The zero-order chi connectivity index (χ0) is 21.3. The highest BCUT2D eigenvalue weighted by Gasteiger charge is 2.25. The molecule has 0 bridgehead atoms. The van der Waals surface area contributed by atoms with Crippen LogP contribution in [0.4, 0.5) is 0 Å². The Bertz CT molecular complexity index is 1340. The van der Waals surface area contributed by atoms with Crippen LogP contribution in [-0.2, 0) is 25.7 Å². The molecule has 1 aromatic heterocycles. The van der Waals surface area contributed by atoms with Crippen LogP contribution in [-0.4, -0.2) is 9.97 Å². The summed E-state index contributed by atoms with van der Waals surface area (Å²) in [6.07, 6.45) is 4.35. The molecule has 1 heterocycles. The number of aromatic nitrogens is 2. The van der Waals surface area contributed by atoms with E-state index in [4.69, 9.17) is 4.98 Å². The molecule has 0 fully saturated rings. The molecule has 0 amide bonds. The Morgan fingerprint density at radius 2 is 1.52 bits per heavy atom. The van der Waals surface area contributed by atoms with Crippen molar-refractivity contribution in [2.24, 2.45) is 0 Å². The third-order valence-electron chi connectivity index (χ3n) is 7.33. The lowest BCUT2D eigenvalue weighted by molar-refractivity contribution is 0.787. The standard InChI is InChI=1S/C29H30N2/c1-16(2)18-5-9-22-19(13-18)6-11-24-23(22)10-7-20-15-26-21(14-25(20)24)8-12-27-28(26)31-29(30-27)17(3)4/h5-6,9,11,13-17H,7-8,10,12H2,1-4H3,(H,30,31). The van der Waals surface area contributed by atoms with Crippen molar-refractivity contribution in [3.8, 4) is 22.4 Å². The molecule has 3 aromatic carbocycles. The number of aryl methyl sites for hydroxylation is 4. The van der Waals surface area contributed by atoms with Crippen LogP contribution >= 0.6 is 0 Å². The van der Waals surface area contributed by atoms with E-state index in [1.807, 2.05) is 0 Å². The van der Waals surface area contributed by atoms with Gasteiger partial charge in [-0.05, 0) is 81.8 Å². The molecule has 0 saturated heterocycles. The summed E-state index contributed by atoms with van der Waals surface area (Å²) in [7, 11) is 0. The molecule has 0 atom stereocenters. The number of H-pyrrole nitrogens is 1. The molecule has 31 heavy (non-hydrogen) atoms. The summed E-state index contributed by atoms with van der Waals surface area (Å²) in [6.45, 7) is 8.97. The monoisotopic (exact) mass is 406 g/mol. The van der Waals surface area contributed by atoms with E-state index in [1.165, 1.54) is 61.1 Å². The minimum atomic E-state index is 0.433. The quantitative estimate of drug-likeness (QED) is 0.370. The number of fused-ring (bicyclic) bond motifs is 8. The van der Waals surface area contributed by atoms with E-state index >= 15 is 0 Å². The van der Waals surface area contributed by atoms with E-state index in [0.717, 1.165) is 31.5 Å². The molecule has 4 aromatic rings. The summed E-state index contributed by atoms with van der Waals surface area (Å²) in [5.41, 5.74) is 12.7. The normalized spacial score (nSPS) is 14.5. The number of rotatable bonds is 2. The van der Waals surface area contributed by atoms with Gasteiger partial charge in [0.1, 0.15) is 5.82 Å². The lowest BCUT2D eigenvalue weighted by Gasteiger charge is -2.25. The van der Waals surface area contributed by atoms with Gasteiger partial charge in [-0.25, -0.2) is 4.98 Å². The Morgan fingerprint density at radius 1 is 0.742 bits per heavy atom. The van der Waals surface area contributed by atoms with Gasteiger partial charge in [0.15, 0.2) is 0 Å². The number of nitrogens with one attached hydrogen (secondary N) is 1. The SMILES string of the molecule is CC(C)c1ccc2c3c(ccc2c1)-c1cc2c(cc1CC3)-c1[nH]c(C(C)C)nc1CC2. The van der Waals surface area contributed by atoms with Crippen LogP contribution < -0.4 is 0 Å². The van der Waals surface area contributed by atoms with Crippen LogP contribution in [0.25, 0.3) is 33.2 Å². The average Bonchev–Trinajstić information content (AvgIpc) is 3.22. The van der Waals surface area contributed by atoms with E-state index < -0.39 is 0 Å². The molecule has 1 N–H and O–H groups in total. The molecule has 0 unspecified atom stereocenters. The van der Waals surface area contributed by atoms with E-state index in [9.17, 15) is 0 Å². The number of hydrogen-bond donors (Lipinski definition) is 1. The fourth-order valence-electron chi connectivity index (χ4n) is 5.50. The molecule has 156 valence electrons. The molecular weight excluding hydrogens is 376 g/mol. The maximum absolute atomic E-state index is 4.90. The minimum Gasteiger partial charge on any atom is -0.342 e. The topological polar surface area (TPSA) is 28.7 Å². The number of aromatic amines is 1. The van der Waals surface area contributed by atoms with Crippen molar-refractivity contribution in [3.05, 3.63) is 76.2 Å². The van der Waals surface area contributed by atoms with Gasteiger partial charge in [0, 0.05) is 11.5 Å². The summed E-state index contributed by atoms with van der Waals surface area (Å²) in [5.74, 6) is 2.12. The summed E-state index contributed by atoms with van der Waals surface area (Å²) in [4.78, 5) is 8.54. The van der Waals surface area contributed by atoms with Gasteiger partial charge in [-0.15, -0.1) is 0 Å². The molecular formula is C29H30N2. The smallest absolute Gasteiger partial charge is 0.109 e. The predicted molar refractivity (Wildman–Crippen MR) is 130 cm³/mol. The molecule has 2 aliphatic carbocycles. The third-order valence-corrected chi connectivity index (χ3v) is 7.33. The maximum atomic E-state index is 4.90. The van der Waals surface area contributed by atoms with Gasteiger partial charge in [0.25, 0.3) is 0 Å². The van der Waals surface area contributed by atoms with Crippen molar-refractivity contribution in [1.29, 1.82) is 0 Å². The number of hydrogen-bond acceptors (Lipinski definition) is 1. The Balaban J connectivity index is 1.49. The number of nitrogens with zero attached hydrogens (tertiary/aromatic N) is 1. The fraction of sp³-hybridized carbons (Fsp3) is 0.345. The molecule has 2 nitrogen and oxygen atoms in total. The van der Waals surface area contributed by atoms with Crippen LogP contribution in [0, 0.1) is 0 Å². The maximum Gasteiger partial charge on any atom is 0.109 e. The zero-order valence-electron chi connectivity index (χ0n) is 19.0. The van der Waals surface area contributed by atoms with Gasteiger partial charge in [0.2, 0.25) is 0 Å². The second-order valence-electron chi connectivity index (χ2n) is 9.99. The van der Waals surface area contributed by atoms with Crippen LogP contribution in [0.1, 0.15) is 73.3 Å². The van der Waals surface area contributed by atoms with Crippen LogP contribution in [0.5, 0.6) is 0 Å². The van der Waals surface area contributed by atoms with Crippen LogP contribution in [0.15, 0.2) is 42.5 Å². The predicted octanol–water partition coefficient (Wildman–Crippen LogP) is 7.34. The minimum absolute atomic E-state index is 0.433. The first-order valence-electron chi connectivity index (χ1n) is 11.8. The van der Waals surface area contributed by atoms with Crippen molar-refractivity contribution in [2.75, 3.05) is 0 Å². The number of benzene rings is 3. The van der Waals surface area contributed by atoms with Crippen molar-refractivity contribution >= 4 is 10.8 Å². The van der Waals surface area contributed by atoms with Gasteiger partial charge in [-0.3, -0.25) is 0 Å². The van der Waals surface area contributed by atoms with Crippen LogP contribution in [0.3, 0.4) is 0 Å². The average molecular weight is 407 g/mol. The second kappa shape index (κ2) is 6.82. The first-order valence-corrected chi connectivity index (χ1v) is 11.8. The van der Waals surface area contributed by atoms with Crippen molar-refractivity contribution in [3.63, 3.8) is 0 Å². The second-order valence-corrected chi connectivity index (χ2v) is 9.99. The zero-order valence-corrected chi connectivity index (χ0v) is 19.0. The molecule has 0 saturated carbocycles. The lowest BCUT2D eigenvalue weighted by Crippen LogP contribution is -2.09. The van der Waals surface area contributed by atoms with E-state index in [-0.39, 0.29) is 0 Å². The van der Waals surface area contributed by atoms with Gasteiger partial charge >= 0.3 is 0 Å². The summed E-state index contributed by atoms with van der Waals surface area (Å²) >= 11 is 0. The first kappa shape index (κ1) is 18.9. The third kappa shape index (κ3) is 2.88. The molecule has 2 aliphatic rings. The van der Waals surface area contributed by atoms with Crippen LogP contribution in [0.2, 0.25) is 0 Å². The summed E-state index contributed by atoms with van der Waals surface area (Å²) < 4.78 is 0. The highest BCUT2D eigenvalue weighted by Crippen LogP contribution is 2.43. The molecule has 0 radical (unpaired) electrons. The Morgan fingerprint density at radius 3 is 2.32 bits per heavy atom.